The van der Waals surface area contributed by atoms with Crippen molar-refractivity contribution in [3.63, 3.8) is 0 Å². The average Bonchev–Trinajstić information content (AvgIpc) is 2.85. The Bertz CT molecular complexity index is 655. The number of amides is 1. The van der Waals surface area contributed by atoms with Crippen LogP contribution in [-0.4, -0.2) is 12.5 Å². The number of nitrogens with two attached hydrogens (primary N) is 1. The highest BCUT2D eigenvalue weighted by molar-refractivity contribution is 7.14. The van der Waals surface area contributed by atoms with Crippen molar-refractivity contribution < 1.29 is 4.79 Å². The number of halogens is 1. The molecule has 96 valence electrons. The fourth-order valence-electron chi connectivity index (χ4n) is 1.42. The molecule has 0 spiro atoms. The first-order valence-electron chi connectivity index (χ1n) is 5.55. The topological polar surface area (TPSA) is 55.1 Å². The summed E-state index contributed by atoms with van der Waals surface area (Å²) in [6, 6.07) is 10.6. The molecule has 0 unspecified atom stereocenters. The number of carbonyl (C=O) groups excluding carboxylic acids is 1. The Morgan fingerprint density at radius 2 is 2.21 bits per heavy atom. The number of rotatable bonds is 2. The van der Waals surface area contributed by atoms with Crippen LogP contribution in [0, 0.1) is 11.8 Å². The molecule has 3 N–H and O–H groups in total. The van der Waals surface area contributed by atoms with Gasteiger partial charge in [0.05, 0.1) is 16.3 Å². The van der Waals surface area contributed by atoms with Crippen molar-refractivity contribution in [3.05, 3.63) is 51.2 Å². The van der Waals surface area contributed by atoms with Crippen LogP contribution in [0.5, 0.6) is 0 Å². The third-order valence-electron chi connectivity index (χ3n) is 2.23. The summed E-state index contributed by atoms with van der Waals surface area (Å²) in [4.78, 5) is 13.4. The minimum absolute atomic E-state index is 0.173. The first-order valence-corrected chi connectivity index (χ1v) is 6.74. The summed E-state index contributed by atoms with van der Waals surface area (Å²) in [7, 11) is 0. The van der Waals surface area contributed by atoms with Gasteiger partial charge in [0.1, 0.15) is 0 Å². The Hall–Kier alpha value is -1.80. The van der Waals surface area contributed by atoms with Crippen LogP contribution in [-0.2, 0) is 0 Å². The predicted molar refractivity (Wildman–Crippen MR) is 79.7 cm³/mol. The zero-order chi connectivity index (χ0) is 13.7. The first kappa shape index (κ1) is 13.6. The SMILES string of the molecule is NCC#Cc1ccc(C(=O)Nc2cccc(Cl)c2)s1. The largest absolute Gasteiger partial charge is 0.321 e. The van der Waals surface area contributed by atoms with Gasteiger partial charge in [-0.1, -0.05) is 29.5 Å². The Balaban J connectivity index is 2.10. The minimum Gasteiger partial charge on any atom is -0.321 e. The summed E-state index contributed by atoms with van der Waals surface area (Å²) < 4.78 is 0. The zero-order valence-corrected chi connectivity index (χ0v) is 11.5. The zero-order valence-electron chi connectivity index (χ0n) is 9.94. The molecular weight excluding hydrogens is 280 g/mol. The maximum absolute atomic E-state index is 12.0. The first-order chi connectivity index (χ1) is 9.19. The van der Waals surface area contributed by atoms with Crippen LogP contribution in [0.1, 0.15) is 14.5 Å². The second-order valence-electron chi connectivity index (χ2n) is 3.63. The number of hydrogen-bond acceptors (Lipinski definition) is 3. The van der Waals surface area contributed by atoms with E-state index in [-0.39, 0.29) is 5.91 Å². The van der Waals surface area contributed by atoms with Gasteiger partial charge in [-0.3, -0.25) is 4.79 Å². The van der Waals surface area contributed by atoms with Crippen molar-refractivity contribution in [2.24, 2.45) is 5.73 Å². The van der Waals surface area contributed by atoms with Crippen LogP contribution in [0.2, 0.25) is 5.02 Å². The lowest BCUT2D eigenvalue weighted by Gasteiger charge is -2.03. The van der Waals surface area contributed by atoms with E-state index in [9.17, 15) is 4.79 Å². The molecule has 0 fully saturated rings. The summed E-state index contributed by atoms with van der Waals surface area (Å²) >= 11 is 7.19. The van der Waals surface area contributed by atoms with Crippen LogP contribution in [0.4, 0.5) is 5.69 Å². The summed E-state index contributed by atoms with van der Waals surface area (Å²) in [6.07, 6.45) is 0. The highest BCUT2D eigenvalue weighted by Crippen LogP contribution is 2.19. The van der Waals surface area contributed by atoms with Crippen molar-refractivity contribution in [1.82, 2.24) is 0 Å². The molecule has 0 aliphatic heterocycles. The maximum atomic E-state index is 12.0. The van der Waals surface area contributed by atoms with Gasteiger partial charge in [0.15, 0.2) is 0 Å². The Morgan fingerprint density at radius 1 is 1.37 bits per heavy atom. The van der Waals surface area contributed by atoms with Gasteiger partial charge in [-0.15, -0.1) is 11.3 Å². The third-order valence-corrected chi connectivity index (χ3v) is 3.46. The number of hydrogen-bond donors (Lipinski definition) is 2. The van der Waals surface area contributed by atoms with Crippen LogP contribution < -0.4 is 11.1 Å². The Kier molecular flexibility index (Phi) is 4.58. The molecule has 0 saturated carbocycles. The quantitative estimate of drug-likeness (QED) is 0.836. The number of benzene rings is 1. The third kappa shape index (κ3) is 3.83. The molecule has 19 heavy (non-hydrogen) atoms. The molecule has 2 aromatic rings. The molecule has 0 aliphatic rings. The van der Waals surface area contributed by atoms with Gasteiger partial charge in [0.2, 0.25) is 0 Å². The van der Waals surface area contributed by atoms with Crippen LogP contribution in [0.25, 0.3) is 0 Å². The van der Waals surface area contributed by atoms with Crippen LogP contribution in [0.3, 0.4) is 0 Å². The van der Waals surface area contributed by atoms with Crippen molar-refractivity contribution in [3.8, 4) is 11.8 Å². The summed E-state index contributed by atoms with van der Waals surface area (Å²) in [5.74, 6) is 5.47. The molecule has 1 aromatic heterocycles. The van der Waals surface area contributed by atoms with E-state index in [1.165, 1.54) is 11.3 Å². The predicted octanol–water partition coefficient (Wildman–Crippen LogP) is 2.96. The van der Waals surface area contributed by atoms with Gasteiger partial charge >= 0.3 is 0 Å². The normalized spacial score (nSPS) is 9.58. The smallest absolute Gasteiger partial charge is 0.265 e. The van der Waals surface area contributed by atoms with Gasteiger partial charge in [0.25, 0.3) is 5.91 Å². The van der Waals surface area contributed by atoms with E-state index in [0.29, 0.717) is 22.1 Å². The summed E-state index contributed by atoms with van der Waals surface area (Å²) in [6.45, 7) is 0.307. The number of nitrogens with one attached hydrogen (secondary N) is 1. The van der Waals surface area contributed by atoms with E-state index < -0.39 is 0 Å². The molecule has 1 heterocycles. The standard InChI is InChI=1S/C14H11ClN2OS/c15-10-3-1-4-11(9-10)17-14(18)13-7-6-12(19-13)5-2-8-16/h1,3-4,6-7,9H,8,16H2,(H,17,18). The van der Waals surface area contributed by atoms with E-state index in [1.807, 2.05) is 0 Å². The molecular formula is C14H11ClN2OS. The molecule has 1 amide bonds. The molecule has 0 aliphatic carbocycles. The van der Waals surface area contributed by atoms with Gasteiger partial charge < -0.3 is 11.1 Å². The lowest BCUT2D eigenvalue weighted by Crippen LogP contribution is -2.09. The molecule has 0 radical (unpaired) electrons. The molecule has 3 nitrogen and oxygen atoms in total. The molecule has 0 saturated heterocycles. The Labute approximate surface area is 120 Å². The van der Waals surface area contributed by atoms with Gasteiger partial charge in [-0.05, 0) is 30.3 Å². The fraction of sp³-hybridized carbons (Fsp3) is 0.0714. The molecule has 0 atom stereocenters. The minimum atomic E-state index is -0.173. The molecule has 1 aromatic carbocycles. The number of carbonyl (C=O) groups is 1. The molecule has 2 rings (SSSR count). The van der Waals surface area contributed by atoms with Crippen molar-refractivity contribution in [1.29, 1.82) is 0 Å². The average molecular weight is 291 g/mol. The van der Waals surface area contributed by atoms with Crippen molar-refractivity contribution in [2.75, 3.05) is 11.9 Å². The lowest BCUT2D eigenvalue weighted by molar-refractivity contribution is 0.103. The fourth-order valence-corrected chi connectivity index (χ4v) is 2.39. The van der Waals surface area contributed by atoms with E-state index in [2.05, 4.69) is 17.2 Å². The summed E-state index contributed by atoms with van der Waals surface area (Å²) in [5.41, 5.74) is 5.97. The second kappa shape index (κ2) is 6.39. The number of thiophene rings is 1. The van der Waals surface area contributed by atoms with Crippen LogP contribution >= 0.6 is 22.9 Å². The van der Waals surface area contributed by atoms with Crippen molar-refractivity contribution >= 4 is 34.5 Å². The van der Waals surface area contributed by atoms with E-state index in [4.69, 9.17) is 17.3 Å². The highest BCUT2D eigenvalue weighted by Gasteiger charge is 2.08. The highest BCUT2D eigenvalue weighted by atomic mass is 35.5. The monoisotopic (exact) mass is 290 g/mol. The van der Waals surface area contributed by atoms with Crippen LogP contribution in [0.15, 0.2) is 36.4 Å². The van der Waals surface area contributed by atoms with Gasteiger partial charge in [-0.2, -0.15) is 0 Å². The molecule has 0 bridgehead atoms. The lowest BCUT2D eigenvalue weighted by atomic mass is 10.3. The van der Waals surface area contributed by atoms with Gasteiger partial charge in [-0.25, -0.2) is 0 Å². The summed E-state index contributed by atoms with van der Waals surface area (Å²) in [5, 5.41) is 3.36. The van der Waals surface area contributed by atoms with Crippen molar-refractivity contribution in [2.45, 2.75) is 0 Å². The van der Waals surface area contributed by atoms with E-state index in [1.54, 1.807) is 36.4 Å². The van der Waals surface area contributed by atoms with Gasteiger partial charge in [0, 0.05) is 10.7 Å². The Morgan fingerprint density at radius 3 is 2.95 bits per heavy atom. The molecule has 5 heteroatoms. The number of anilines is 1. The van der Waals surface area contributed by atoms with E-state index >= 15 is 0 Å². The second-order valence-corrected chi connectivity index (χ2v) is 5.15. The maximum Gasteiger partial charge on any atom is 0.265 e. The van der Waals surface area contributed by atoms with E-state index in [0.717, 1.165) is 4.88 Å².